The van der Waals surface area contributed by atoms with Crippen LogP contribution in [0.15, 0.2) is 24.3 Å². The van der Waals surface area contributed by atoms with Crippen molar-refractivity contribution in [3.8, 4) is 0 Å². The van der Waals surface area contributed by atoms with E-state index < -0.39 is 0 Å². The number of unbranched alkanes of at least 4 members (excludes halogenated alkanes) is 1. The molecule has 0 aromatic heterocycles. The molecule has 0 fully saturated rings. The predicted molar refractivity (Wildman–Crippen MR) is 58.8 cm³/mol. The number of hydrogen-bond acceptors (Lipinski definition) is 0. The first kappa shape index (κ1) is 11.2. The lowest BCUT2D eigenvalue weighted by Gasteiger charge is -2.04. The van der Waals surface area contributed by atoms with Gasteiger partial charge in [-0.15, -0.1) is 0 Å². The van der Waals surface area contributed by atoms with Crippen LogP contribution in [0.5, 0.6) is 0 Å². The van der Waals surface area contributed by atoms with Crippen molar-refractivity contribution in [1.82, 2.24) is 0 Å². The second-order valence-corrected chi connectivity index (χ2v) is 4.27. The van der Waals surface area contributed by atoms with E-state index in [4.69, 9.17) is 0 Å². The number of hydrogen-bond donors (Lipinski definition) is 0. The SMILES string of the molecule is CC(C)CCCCc1ccc(F)cc1. The minimum absolute atomic E-state index is 0.143. The fourth-order valence-corrected chi connectivity index (χ4v) is 1.53. The predicted octanol–water partition coefficient (Wildman–Crippen LogP) is 4.19. The molecule has 1 aromatic carbocycles. The monoisotopic (exact) mass is 194 g/mol. The Morgan fingerprint density at radius 1 is 1.07 bits per heavy atom. The lowest BCUT2D eigenvalue weighted by molar-refractivity contribution is 0.538. The number of halogens is 1. The maximum Gasteiger partial charge on any atom is 0.123 e. The van der Waals surface area contributed by atoms with Gasteiger partial charge in [0.05, 0.1) is 0 Å². The summed E-state index contributed by atoms with van der Waals surface area (Å²) in [6, 6.07) is 6.84. The van der Waals surface area contributed by atoms with Gasteiger partial charge in [0.1, 0.15) is 5.82 Å². The molecule has 0 bridgehead atoms. The molecule has 0 heterocycles. The van der Waals surface area contributed by atoms with Crippen LogP contribution in [0.3, 0.4) is 0 Å². The molecule has 0 radical (unpaired) electrons. The first-order valence-electron chi connectivity index (χ1n) is 5.43. The normalized spacial score (nSPS) is 10.9. The Kier molecular flexibility index (Phi) is 4.64. The van der Waals surface area contributed by atoms with Crippen LogP contribution in [-0.2, 0) is 6.42 Å². The second-order valence-electron chi connectivity index (χ2n) is 4.27. The van der Waals surface area contributed by atoms with Crippen molar-refractivity contribution in [2.75, 3.05) is 0 Å². The van der Waals surface area contributed by atoms with E-state index >= 15 is 0 Å². The van der Waals surface area contributed by atoms with Crippen LogP contribution < -0.4 is 0 Å². The van der Waals surface area contributed by atoms with E-state index in [1.165, 1.54) is 37.0 Å². The van der Waals surface area contributed by atoms with E-state index in [2.05, 4.69) is 13.8 Å². The molecule has 0 aliphatic carbocycles. The summed E-state index contributed by atoms with van der Waals surface area (Å²) in [5.74, 6) is 0.652. The summed E-state index contributed by atoms with van der Waals surface area (Å²) in [7, 11) is 0. The topological polar surface area (TPSA) is 0 Å². The third kappa shape index (κ3) is 4.40. The van der Waals surface area contributed by atoms with Crippen molar-refractivity contribution >= 4 is 0 Å². The summed E-state index contributed by atoms with van der Waals surface area (Å²) in [6.45, 7) is 4.50. The zero-order valence-corrected chi connectivity index (χ0v) is 9.09. The van der Waals surface area contributed by atoms with Crippen molar-refractivity contribution in [2.45, 2.75) is 39.5 Å². The molecule has 0 amide bonds. The van der Waals surface area contributed by atoms with Crippen LogP contribution >= 0.6 is 0 Å². The van der Waals surface area contributed by atoms with E-state index in [9.17, 15) is 4.39 Å². The van der Waals surface area contributed by atoms with Gasteiger partial charge in [0.25, 0.3) is 0 Å². The fourth-order valence-electron chi connectivity index (χ4n) is 1.53. The fraction of sp³-hybridized carbons (Fsp3) is 0.538. The van der Waals surface area contributed by atoms with E-state index in [1.54, 1.807) is 0 Å². The number of rotatable bonds is 5. The Bertz CT molecular complexity index is 248. The highest BCUT2D eigenvalue weighted by Crippen LogP contribution is 2.11. The van der Waals surface area contributed by atoms with Crippen LogP contribution in [0.1, 0.15) is 38.7 Å². The first-order valence-corrected chi connectivity index (χ1v) is 5.43. The lowest BCUT2D eigenvalue weighted by atomic mass is 10.0. The van der Waals surface area contributed by atoms with Gasteiger partial charge in [0.15, 0.2) is 0 Å². The molecule has 0 spiro atoms. The van der Waals surface area contributed by atoms with Crippen molar-refractivity contribution in [1.29, 1.82) is 0 Å². The highest BCUT2D eigenvalue weighted by atomic mass is 19.1. The van der Waals surface area contributed by atoms with E-state index in [0.717, 1.165) is 12.3 Å². The summed E-state index contributed by atoms with van der Waals surface area (Å²) in [6.07, 6.45) is 4.85. The van der Waals surface area contributed by atoms with Gasteiger partial charge >= 0.3 is 0 Å². The molecule has 0 saturated heterocycles. The van der Waals surface area contributed by atoms with E-state index in [-0.39, 0.29) is 5.82 Å². The van der Waals surface area contributed by atoms with Crippen LogP contribution in [0.2, 0.25) is 0 Å². The van der Waals surface area contributed by atoms with Crippen molar-refractivity contribution in [2.24, 2.45) is 5.92 Å². The van der Waals surface area contributed by atoms with Crippen molar-refractivity contribution in [3.63, 3.8) is 0 Å². The van der Waals surface area contributed by atoms with E-state index in [0.29, 0.717) is 0 Å². The summed E-state index contributed by atoms with van der Waals surface area (Å²) in [5.41, 5.74) is 1.25. The molecular formula is C13H19F. The minimum atomic E-state index is -0.143. The average Bonchev–Trinajstić information content (AvgIpc) is 2.15. The van der Waals surface area contributed by atoms with Gasteiger partial charge in [-0.1, -0.05) is 38.8 Å². The van der Waals surface area contributed by atoms with Gasteiger partial charge in [0.2, 0.25) is 0 Å². The second kappa shape index (κ2) is 5.79. The van der Waals surface area contributed by atoms with Crippen LogP contribution in [0.4, 0.5) is 4.39 Å². The molecule has 1 aromatic rings. The Morgan fingerprint density at radius 3 is 2.29 bits per heavy atom. The molecule has 14 heavy (non-hydrogen) atoms. The molecule has 0 atom stereocenters. The molecule has 0 aliphatic heterocycles. The summed E-state index contributed by atoms with van der Waals surface area (Å²) >= 11 is 0. The summed E-state index contributed by atoms with van der Waals surface area (Å²) in [4.78, 5) is 0. The van der Waals surface area contributed by atoms with Gasteiger partial charge in [-0.05, 0) is 36.5 Å². The molecule has 0 N–H and O–H groups in total. The Hall–Kier alpha value is -0.850. The van der Waals surface area contributed by atoms with Crippen LogP contribution in [0, 0.1) is 11.7 Å². The van der Waals surface area contributed by atoms with Crippen molar-refractivity contribution in [3.05, 3.63) is 35.6 Å². The van der Waals surface area contributed by atoms with Crippen LogP contribution in [-0.4, -0.2) is 0 Å². The minimum Gasteiger partial charge on any atom is -0.207 e. The van der Waals surface area contributed by atoms with Gasteiger partial charge in [0, 0.05) is 0 Å². The van der Waals surface area contributed by atoms with E-state index in [1.807, 2.05) is 12.1 Å². The maximum atomic E-state index is 12.6. The zero-order chi connectivity index (χ0) is 10.4. The lowest BCUT2D eigenvalue weighted by Crippen LogP contribution is -1.90. The zero-order valence-electron chi connectivity index (χ0n) is 9.09. The molecule has 1 rings (SSSR count). The molecule has 0 unspecified atom stereocenters. The first-order chi connectivity index (χ1) is 6.68. The largest absolute Gasteiger partial charge is 0.207 e. The Morgan fingerprint density at radius 2 is 1.71 bits per heavy atom. The van der Waals surface area contributed by atoms with Gasteiger partial charge < -0.3 is 0 Å². The summed E-state index contributed by atoms with van der Waals surface area (Å²) < 4.78 is 12.6. The molecule has 78 valence electrons. The molecular weight excluding hydrogens is 175 g/mol. The Balaban J connectivity index is 2.21. The molecule has 0 nitrogen and oxygen atoms in total. The summed E-state index contributed by atoms with van der Waals surface area (Å²) in [5, 5.41) is 0. The maximum absolute atomic E-state index is 12.6. The van der Waals surface area contributed by atoms with Crippen molar-refractivity contribution < 1.29 is 4.39 Å². The Labute approximate surface area is 86.2 Å². The molecule has 0 aliphatic rings. The van der Waals surface area contributed by atoms with Gasteiger partial charge in [-0.2, -0.15) is 0 Å². The smallest absolute Gasteiger partial charge is 0.123 e. The third-order valence-corrected chi connectivity index (χ3v) is 2.41. The average molecular weight is 194 g/mol. The highest BCUT2D eigenvalue weighted by molar-refractivity contribution is 5.15. The number of benzene rings is 1. The van der Waals surface area contributed by atoms with Gasteiger partial charge in [-0.3, -0.25) is 0 Å². The standard InChI is InChI=1S/C13H19F/c1-11(2)5-3-4-6-12-7-9-13(14)10-8-12/h7-11H,3-6H2,1-2H3. The molecule has 1 heteroatoms. The van der Waals surface area contributed by atoms with Gasteiger partial charge in [-0.25, -0.2) is 4.39 Å². The van der Waals surface area contributed by atoms with Crippen LogP contribution in [0.25, 0.3) is 0 Å². The number of aryl methyl sites for hydroxylation is 1. The quantitative estimate of drug-likeness (QED) is 0.616. The molecule has 0 saturated carbocycles. The third-order valence-electron chi connectivity index (χ3n) is 2.41. The highest BCUT2D eigenvalue weighted by Gasteiger charge is 1.96.